The van der Waals surface area contributed by atoms with Gasteiger partial charge in [0, 0.05) is 38.7 Å². The number of benzene rings is 3. The SMILES string of the molecule is CC(=O)N1CCN(c2c(Cl)cccc2NC(=S)NC(=O)c2cccc3ccccc23)CC1. The van der Waals surface area contributed by atoms with Gasteiger partial charge in [0.1, 0.15) is 0 Å². The molecule has 3 aromatic rings. The first kappa shape index (κ1) is 22.0. The molecule has 0 bridgehead atoms. The molecule has 1 aliphatic heterocycles. The molecule has 32 heavy (non-hydrogen) atoms. The molecule has 1 saturated heterocycles. The zero-order valence-electron chi connectivity index (χ0n) is 17.6. The molecular weight excluding hydrogens is 444 g/mol. The first-order valence-electron chi connectivity index (χ1n) is 10.3. The highest BCUT2D eigenvalue weighted by molar-refractivity contribution is 7.80. The van der Waals surface area contributed by atoms with E-state index in [1.807, 2.05) is 59.5 Å². The first-order chi connectivity index (χ1) is 15.4. The van der Waals surface area contributed by atoms with Gasteiger partial charge in [-0.1, -0.05) is 54.1 Å². The molecule has 1 fully saturated rings. The number of para-hydroxylation sites is 1. The molecule has 6 nitrogen and oxygen atoms in total. The van der Waals surface area contributed by atoms with Crippen molar-refractivity contribution in [3.63, 3.8) is 0 Å². The number of fused-ring (bicyclic) bond motifs is 1. The second kappa shape index (κ2) is 9.54. The lowest BCUT2D eigenvalue weighted by molar-refractivity contribution is -0.129. The number of carbonyl (C=O) groups excluding carboxylic acids is 2. The smallest absolute Gasteiger partial charge is 0.258 e. The van der Waals surface area contributed by atoms with E-state index in [-0.39, 0.29) is 16.9 Å². The Morgan fingerprint density at radius 3 is 2.38 bits per heavy atom. The van der Waals surface area contributed by atoms with Crippen molar-refractivity contribution in [2.45, 2.75) is 6.92 Å². The van der Waals surface area contributed by atoms with Crippen LogP contribution in [-0.2, 0) is 4.79 Å². The molecule has 4 rings (SSSR count). The Hall–Kier alpha value is -3.16. The minimum atomic E-state index is -0.280. The van der Waals surface area contributed by atoms with E-state index in [4.69, 9.17) is 23.8 Å². The van der Waals surface area contributed by atoms with E-state index in [0.717, 1.165) is 16.5 Å². The maximum absolute atomic E-state index is 12.9. The number of hydrogen-bond donors (Lipinski definition) is 2. The Morgan fingerprint density at radius 2 is 1.62 bits per heavy atom. The molecule has 0 radical (unpaired) electrons. The average Bonchev–Trinajstić information content (AvgIpc) is 2.79. The fourth-order valence-corrected chi connectivity index (χ4v) is 4.43. The molecule has 1 heterocycles. The van der Waals surface area contributed by atoms with E-state index < -0.39 is 0 Å². The highest BCUT2D eigenvalue weighted by Crippen LogP contribution is 2.34. The molecule has 0 spiro atoms. The molecular formula is C24H23ClN4O2S. The van der Waals surface area contributed by atoms with Crippen LogP contribution in [0.4, 0.5) is 11.4 Å². The van der Waals surface area contributed by atoms with Crippen LogP contribution in [0.25, 0.3) is 10.8 Å². The third kappa shape index (κ3) is 4.69. The quantitative estimate of drug-likeness (QED) is 0.564. The van der Waals surface area contributed by atoms with Crippen LogP contribution < -0.4 is 15.5 Å². The average molecular weight is 467 g/mol. The van der Waals surface area contributed by atoms with Crippen molar-refractivity contribution >= 4 is 62.9 Å². The summed E-state index contributed by atoms with van der Waals surface area (Å²) in [4.78, 5) is 28.5. The third-order valence-corrected chi connectivity index (χ3v) is 6.05. The zero-order chi connectivity index (χ0) is 22.7. The van der Waals surface area contributed by atoms with Gasteiger partial charge in [-0.3, -0.25) is 14.9 Å². The predicted molar refractivity (Wildman–Crippen MR) is 134 cm³/mol. The van der Waals surface area contributed by atoms with Gasteiger partial charge in [-0.25, -0.2) is 0 Å². The largest absolute Gasteiger partial charge is 0.365 e. The van der Waals surface area contributed by atoms with Crippen molar-refractivity contribution in [2.75, 3.05) is 36.4 Å². The number of amides is 2. The molecule has 1 aliphatic rings. The van der Waals surface area contributed by atoms with E-state index in [0.29, 0.717) is 42.5 Å². The van der Waals surface area contributed by atoms with Crippen LogP contribution in [0, 0.1) is 0 Å². The third-order valence-electron chi connectivity index (χ3n) is 5.54. The van der Waals surface area contributed by atoms with Crippen LogP contribution in [0.2, 0.25) is 5.02 Å². The molecule has 0 unspecified atom stereocenters. The van der Waals surface area contributed by atoms with Crippen molar-refractivity contribution in [1.82, 2.24) is 10.2 Å². The minimum absolute atomic E-state index is 0.0690. The number of nitrogens with one attached hydrogen (secondary N) is 2. The van der Waals surface area contributed by atoms with Crippen molar-refractivity contribution < 1.29 is 9.59 Å². The molecule has 2 amide bonds. The van der Waals surface area contributed by atoms with Gasteiger partial charge >= 0.3 is 0 Å². The predicted octanol–water partition coefficient (Wildman–Crippen LogP) is 4.29. The lowest BCUT2D eigenvalue weighted by Crippen LogP contribution is -2.48. The van der Waals surface area contributed by atoms with E-state index >= 15 is 0 Å². The minimum Gasteiger partial charge on any atom is -0.365 e. The van der Waals surface area contributed by atoms with Crippen LogP contribution >= 0.6 is 23.8 Å². The summed E-state index contributed by atoms with van der Waals surface area (Å²) in [6.45, 7) is 4.15. The number of piperazine rings is 1. The van der Waals surface area contributed by atoms with Gasteiger partial charge in [0.05, 0.1) is 16.4 Å². The summed E-state index contributed by atoms with van der Waals surface area (Å²) in [6, 6.07) is 18.8. The first-order valence-corrected chi connectivity index (χ1v) is 11.1. The van der Waals surface area contributed by atoms with Gasteiger partial charge in [-0.15, -0.1) is 0 Å². The van der Waals surface area contributed by atoms with E-state index in [9.17, 15) is 9.59 Å². The summed E-state index contributed by atoms with van der Waals surface area (Å²) in [5.74, 6) is -0.211. The lowest BCUT2D eigenvalue weighted by Gasteiger charge is -2.37. The fraction of sp³-hybridized carbons (Fsp3) is 0.208. The molecule has 0 aliphatic carbocycles. The topological polar surface area (TPSA) is 64.7 Å². The number of hydrogen-bond acceptors (Lipinski definition) is 4. The van der Waals surface area contributed by atoms with Crippen molar-refractivity contribution in [3.8, 4) is 0 Å². The Balaban J connectivity index is 1.50. The Morgan fingerprint density at radius 1 is 0.938 bits per heavy atom. The maximum atomic E-state index is 12.9. The molecule has 2 N–H and O–H groups in total. The van der Waals surface area contributed by atoms with Crippen molar-refractivity contribution in [2.24, 2.45) is 0 Å². The zero-order valence-corrected chi connectivity index (χ0v) is 19.2. The summed E-state index contributed by atoms with van der Waals surface area (Å²) < 4.78 is 0. The van der Waals surface area contributed by atoms with Crippen LogP contribution in [0.5, 0.6) is 0 Å². The van der Waals surface area contributed by atoms with Crippen molar-refractivity contribution in [3.05, 3.63) is 71.2 Å². The van der Waals surface area contributed by atoms with Gasteiger partial charge < -0.3 is 15.1 Å². The fourth-order valence-electron chi connectivity index (χ4n) is 3.93. The summed E-state index contributed by atoms with van der Waals surface area (Å²) in [5.41, 5.74) is 2.06. The molecule has 0 atom stereocenters. The van der Waals surface area contributed by atoms with Gasteiger partial charge in [0.2, 0.25) is 5.91 Å². The second-order valence-corrected chi connectivity index (χ2v) is 8.38. The maximum Gasteiger partial charge on any atom is 0.258 e. The molecule has 3 aromatic carbocycles. The summed E-state index contributed by atoms with van der Waals surface area (Å²) in [6.07, 6.45) is 0. The van der Waals surface area contributed by atoms with Crippen LogP contribution in [0.1, 0.15) is 17.3 Å². The molecule has 0 aromatic heterocycles. The van der Waals surface area contributed by atoms with Crippen LogP contribution in [-0.4, -0.2) is 48.0 Å². The van der Waals surface area contributed by atoms with Gasteiger partial charge in [0.25, 0.3) is 5.91 Å². The number of thiocarbonyl (C=S) groups is 1. The van der Waals surface area contributed by atoms with Gasteiger partial charge in [-0.2, -0.15) is 0 Å². The highest BCUT2D eigenvalue weighted by atomic mass is 35.5. The standard InChI is InChI=1S/C24H23ClN4O2S/c1-16(30)28-12-14-29(15-13-28)22-20(25)10-5-11-21(22)26-24(32)27-23(31)19-9-4-7-17-6-2-3-8-18(17)19/h2-11H,12-15H2,1H3,(H2,26,27,31,32). The number of rotatable bonds is 3. The number of carbonyl (C=O) groups is 2. The molecule has 164 valence electrons. The summed E-state index contributed by atoms with van der Waals surface area (Å²) in [5, 5.41) is 8.52. The highest BCUT2D eigenvalue weighted by Gasteiger charge is 2.23. The van der Waals surface area contributed by atoms with E-state index in [1.165, 1.54) is 0 Å². The lowest BCUT2D eigenvalue weighted by atomic mass is 10.0. The van der Waals surface area contributed by atoms with E-state index in [1.54, 1.807) is 13.0 Å². The normalized spacial score (nSPS) is 13.7. The molecule has 0 saturated carbocycles. The Bertz CT molecular complexity index is 1190. The molecule has 8 heteroatoms. The monoisotopic (exact) mass is 466 g/mol. The number of anilines is 2. The number of halogens is 1. The van der Waals surface area contributed by atoms with E-state index in [2.05, 4.69) is 15.5 Å². The second-order valence-electron chi connectivity index (χ2n) is 7.56. The summed E-state index contributed by atoms with van der Waals surface area (Å²) in [7, 11) is 0. The number of nitrogens with zero attached hydrogens (tertiary/aromatic N) is 2. The van der Waals surface area contributed by atoms with Crippen LogP contribution in [0.3, 0.4) is 0 Å². The van der Waals surface area contributed by atoms with Crippen molar-refractivity contribution in [1.29, 1.82) is 0 Å². The summed E-state index contributed by atoms with van der Waals surface area (Å²) >= 11 is 12.0. The van der Waals surface area contributed by atoms with Gasteiger partial charge in [0.15, 0.2) is 5.11 Å². The van der Waals surface area contributed by atoms with Gasteiger partial charge in [-0.05, 0) is 41.2 Å². The Kier molecular flexibility index (Phi) is 6.58. The van der Waals surface area contributed by atoms with Crippen LogP contribution in [0.15, 0.2) is 60.7 Å². The Labute approximate surface area is 197 Å².